The Labute approximate surface area is 128 Å². The first kappa shape index (κ1) is 15.2. The summed E-state index contributed by atoms with van der Waals surface area (Å²) in [5.74, 6) is -1.30. The van der Waals surface area contributed by atoms with E-state index in [4.69, 9.17) is 4.74 Å². The maximum atomic E-state index is 13.0. The van der Waals surface area contributed by atoms with E-state index < -0.39 is 17.8 Å². The average Bonchev–Trinajstić information content (AvgIpc) is 2.47. The van der Waals surface area contributed by atoms with Crippen LogP contribution in [0.4, 0.5) is 4.39 Å². The SMILES string of the molecule is COC(=O)c1ccc(OC(=O)c2ccc(F)cc2Br)cc1. The fourth-order valence-corrected chi connectivity index (χ4v) is 2.11. The van der Waals surface area contributed by atoms with Crippen LogP contribution in [0, 0.1) is 5.82 Å². The molecule has 4 nitrogen and oxygen atoms in total. The van der Waals surface area contributed by atoms with Gasteiger partial charge in [0.05, 0.1) is 18.2 Å². The van der Waals surface area contributed by atoms with Crippen molar-refractivity contribution in [3.63, 3.8) is 0 Å². The van der Waals surface area contributed by atoms with Crippen molar-refractivity contribution in [2.24, 2.45) is 0 Å². The molecule has 0 unspecified atom stereocenters. The molecule has 0 aliphatic rings. The molecule has 0 amide bonds. The zero-order valence-corrected chi connectivity index (χ0v) is 12.5. The lowest BCUT2D eigenvalue weighted by Gasteiger charge is -2.06. The van der Waals surface area contributed by atoms with Gasteiger partial charge < -0.3 is 9.47 Å². The summed E-state index contributed by atoms with van der Waals surface area (Å²) in [6, 6.07) is 9.58. The zero-order valence-electron chi connectivity index (χ0n) is 10.9. The fraction of sp³-hybridized carbons (Fsp3) is 0.0667. The summed E-state index contributed by atoms with van der Waals surface area (Å²) in [6.07, 6.45) is 0. The van der Waals surface area contributed by atoms with Crippen LogP contribution in [-0.4, -0.2) is 19.0 Å². The average molecular weight is 353 g/mol. The Morgan fingerprint density at radius 1 is 1.05 bits per heavy atom. The van der Waals surface area contributed by atoms with Crippen LogP contribution in [0.1, 0.15) is 20.7 Å². The maximum Gasteiger partial charge on any atom is 0.344 e. The number of carbonyl (C=O) groups is 2. The van der Waals surface area contributed by atoms with Crippen molar-refractivity contribution in [1.29, 1.82) is 0 Å². The van der Waals surface area contributed by atoms with Crippen molar-refractivity contribution in [2.45, 2.75) is 0 Å². The Balaban J connectivity index is 2.14. The van der Waals surface area contributed by atoms with E-state index in [-0.39, 0.29) is 11.3 Å². The third-order valence-corrected chi connectivity index (χ3v) is 3.29. The van der Waals surface area contributed by atoms with Crippen molar-refractivity contribution >= 4 is 27.9 Å². The van der Waals surface area contributed by atoms with Gasteiger partial charge in [0.2, 0.25) is 0 Å². The molecule has 2 rings (SSSR count). The van der Waals surface area contributed by atoms with Gasteiger partial charge in [-0.05, 0) is 58.4 Å². The molecule has 0 saturated carbocycles. The largest absolute Gasteiger partial charge is 0.465 e. The molecule has 6 heteroatoms. The van der Waals surface area contributed by atoms with Crippen LogP contribution in [0.5, 0.6) is 5.75 Å². The fourth-order valence-electron chi connectivity index (χ4n) is 1.59. The van der Waals surface area contributed by atoms with Crippen molar-refractivity contribution in [1.82, 2.24) is 0 Å². The van der Waals surface area contributed by atoms with E-state index >= 15 is 0 Å². The van der Waals surface area contributed by atoms with E-state index in [9.17, 15) is 14.0 Å². The number of rotatable bonds is 3. The summed E-state index contributed by atoms with van der Waals surface area (Å²) >= 11 is 3.10. The Morgan fingerprint density at radius 2 is 1.71 bits per heavy atom. The lowest BCUT2D eigenvalue weighted by atomic mass is 10.2. The van der Waals surface area contributed by atoms with Gasteiger partial charge in [0.25, 0.3) is 0 Å². The number of benzene rings is 2. The molecule has 0 spiro atoms. The first-order valence-electron chi connectivity index (χ1n) is 5.87. The smallest absolute Gasteiger partial charge is 0.344 e. The second-order valence-corrected chi connectivity index (χ2v) is 4.88. The minimum absolute atomic E-state index is 0.202. The standard InChI is InChI=1S/C15H10BrFO4/c1-20-14(18)9-2-5-11(6-3-9)21-15(19)12-7-4-10(17)8-13(12)16/h2-8H,1H3. The molecule has 0 aromatic heterocycles. The third-order valence-electron chi connectivity index (χ3n) is 2.64. The number of hydrogen-bond acceptors (Lipinski definition) is 4. The zero-order chi connectivity index (χ0) is 15.4. The van der Waals surface area contributed by atoms with E-state index in [0.29, 0.717) is 10.0 Å². The summed E-state index contributed by atoms with van der Waals surface area (Å²) in [5.41, 5.74) is 0.550. The molecule has 0 radical (unpaired) electrons. The van der Waals surface area contributed by atoms with Gasteiger partial charge in [0.1, 0.15) is 11.6 Å². The number of hydrogen-bond donors (Lipinski definition) is 0. The molecule has 2 aromatic carbocycles. The molecular weight excluding hydrogens is 343 g/mol. The topological polar surface area (TPSA) is 52.6 Å². The van der Waals surface area contributed by atoms with Gasteiger partial charge >= 0.3 is 11.9 Å². The third kappa shape index (κ3) is 3.66. The number of methoxy groups -OCH3 is 1. The van der Waals surface area contributed by atoms with Crippen molar-refractivity contribution in [2.75, 3.05) is 7.11 Å². The first-order chi connectivity index (χ1) is 10.0. The van der Waals surface area contributed by atoms with Crippen molar-refractivity contribution in [3.05, 3.63) is 63.9 Å². The van der Waals surface area contributed by atoms with E-state index in [0.717, 1.165) is 0 Å². The molecule has 108 valence electrons. The van der Waals surface area contributed by atoms with E-state index in [1.165, 1.54) is 49.6 Å². The Kier molecular flexibility index (Phi) is 4.70. The van der Waals surface area contributed by atoms with E-state index in [1.807, 2.05) is 0 Å². The second-order valence-electron chi connectivity index (χ2n) is 4.03. The number of carbonyl (C=O) groups excluding carboxylic acids is 2. The summed E-state index contributed by atoms with van der Waals surface area (Å²) in [5, 5.41) is 0. The minimum atomic E-state index is -0.632. The van der Waals surface area contributed by atoms with Crippen LogP contribution < -0.4 is 4.74 Å². The van der Waals surface area contributed by atoms with E-state index in [1.54, 1.807) is 0 Å². The van der Waals surface area contributed by atoms with Crippen LogP contribution >= 0.6 is 15.9 Å². The highest BCUT2D eigenvalue weighted by atomic mass is 79.9. The quantitative estimate of drug-likeness (QED) is 0.625. The van der Waals surface area contributed by atoms with Gasteiger partial charge in [-0.3, -0.25) is 0 Å². The Bertz CT molecular complexity index is 683. The maximum absolute atomic E-state index is 13.0. The molecule has 0 heterocycles. The van der Waals surface area contributed by atoms with Crippen LogP contribution in [0.25, 0.3) is 0 Å². The molecule has 0 saturated heterocycles. The molecule has 0 N–H and O–H groups in total. The highest BCUT2D eigenvalue weighted by molar-refractivity contribution is 9.10. The van der Waals surface area contributed by atoms with Gasteiger partial charge in [-0.1, -0.05) is 0 Å². The first-order valence-corrected chi connectivity index (χ1v) is 6.66. The summed E-state index contributed by atoms with van der Waals surface area (Å²) < 4.78 is 23.0. The predicted octanol–water partition coefficient (Wildman–Crippen LogP) is 3.59. The highest BCUT2D eigenvalue weighted by Gasteiger charge is 2.13. The molecule has 0 aliphatic heterocycles. The molecule has 0 bridgehead atoms. The molecular formula is C15H10BrFO4. The number of ether oxygens (including phenoxy) is 2. The Hall–Kier alpha value is -2.21. The van der Waals surface area contributed by atoms with E-state index in [2.05, 4.69) is 20.7 Å². The van der Waals surface area contributed by atoms with Crippen LogP contribution in [-0.2, 0) is 4.74 Å². The van der Waals surface area contributed by atoms with Gasteiger partial charge in [-0.25, -0.2) is 14.0 Å². The van der Waals surface area contributed by atoms with Gasteiger partial charge in [0.15, 0.2) is 0 Å². The van der Waals surface area contributed by atoms with Crippen LogP contribution in [0.2, 0.25) is 0 Å². The molecule has 2 aromatic rings. The van der Waals surface area contributed by atoms with Crippen molar-refractivity contribution < 1.29 is 23.5 Å². The second kappa shape index (κ2) is 6.49. The number of esters is 2. The summed E-state index contributed by atoms with van der Waals surface area (Å²) in [6.45, 7) is 0. The normalized spacial score (nSPS) is 10.0. The Morgan fingerprint density at radius 3 is 2.29 bits per heavy atom. The highest BCUT2D eigenvalue weighted by Crippen LogP contribution is 2.21. The van der Waals surface area contributed by atoms with Crippen LogP contribution in [0.3, 0.4) is 0 Å². The van der Waals surface area contributed by atoms with Gasteiger partial charge in [0, 0.05) is 4.47 Å². The summed E-state index contributed by atoms with van der Waals surface area (Å²) in [4.78, 5) is 23.2. The summed E-state index contributed by atoms with van der Waals surface area (Å²) in [7, 11) is 1.28. The van der Waals surface area contributed by atoms with Crippen molar-refractivity contribution in [3.8, 4) is 5.75 Å². The lowest BCUT2D eigenvalue weighted by molar-refractivity contribution is 0.0600. The molecule has 0 aliphatic carbocycles. The van der Waals surface area contributed by atoms with Crippen LogP contribution in [0.15, 0.2) is 46.9 Å². The predicted molar refractivity (Wildman–Crippen MR) is 76.8 cm³/mol. The number of halogens is 2. The van der Waals surface area contributed by atoms with Gasteiger partial charge in [-0.2, -0.15) is 0 Å². The molecule has 0 fully saturated rings. The minimum Gasteiger partial charge on any atom is -0.465 e. The molecule has 0 atom stereocenters. The molecule has 21 heavy (non-hydrogen) atoms. The lowest BCUT2D eigenvalue weighted by Crippen LogP contribution is -2.09. The monoisotopic (exact) mass is 352 g/mol. The van der Waals surface area contributed by atoms with Gasteiger partial charge in [-0.15, -0.1) is 0 Å².